The summed E-state index contributed by atoms with van der Waals surface area (Å²) in [5.74, 6) is 0.131. The fourth-order valence-electron chi connectivity index (χ4n) is 2.10. The number of nitrogens with zero attached hydrogens (tertiary/aromatic N) is 1. The molecule has 1 atom stereocenters. The Morgan fingerprint density at radius 3 is 2.94 bits per heavy atom. The van der Waals surface area contributed by atoms with Gasteiger partial charge in [-0.15, -0.1) is 0 Å². The highest BCUT2D eigenvalue weighted by Crippen LogP contribution is 2.28. The summed E-state index contributed by atoms with van der Waals surface area (Å²) >= 11 is 6.11. The van der Waals surface area contributed by atoms with E-state index in [2.05, 4.69) is 12.2 Å². The summed E-state index contributed by atoms with van der Waals surface area (Å²) in [6.45, 7) is 3.72. The SMILES string of the molecule is CCCNC1CCN(c2ccccc2Cl)C1=O. The molecule has 0 bridgehead atoms. The molecule has 2 rings (SSSR count). The smallest absolute Gasteiger partial charge is 0.244 e. The molecule has 92 valence electrons. The van der Waals surface area contributed by atoms with Gasteiger partial charge < -0.3 is 10.2 Å². The predicted molar refractivity (Wildman–Crippen MR) is 70.5 cm³/mol. The lowest BCUT2D eigenvalue weighted by Crippen LogP contribution is -2.38. The van der Waals surface area contributed by atoms with Crippen molar-refractivity contribution in [3.05, 3.63) is 29.3 Å². The summed E-state index contributed by atoms with van der Waals surface area (Å²) in [7, 11) is 0. The Labute approximate surface area is 107 Å². The van der Waals surface area contributed by atoms with Gasteiger partial charge >= 0.3 is 0 Å². The van der Waals surface area contributed by atoms with Crippen molar-refractivity contribution in [3.63, 3.8) is 0 Å². The monoisotopic (exact) mass is 252 g/mol. The standard InChI is InChI=1S/C13H17ClN2O/c1-2-8-15-11-7-9-16(13(11)17)12-6-4-3-5-10(12)14/h3-6,11,15H,2,7-9H2,1H3. The lowest BCUT2D eigenvalue weighted by Gasteiger charge is -2.18. The highest BCUT2D eigenvalue weighted by molar-refractivity contribution is 6.33. The van der Waals surface area contributed by atoms with Crippen LogP contribution in [0.2, 0.25) is 5.02 Å². The quantitative estimate of drug-likeness (QED) is 0.893. The van der Waals surface area contributed by atoms with E-state index in [0.717, 1.165) is 31.6 Å². The second-order valence-corrected chi connectivity index (χ2v) is 4.64. The highest BCUT2D eigenvalue weighted by Gasteiger charge is 2.32. The molecule has 17 heavy (non-hydrogen) atoms. The molecule has 1 aliphatic heterocycles. The maximum absolute atomic E-state index is 12.2. The van der Waals surface area contributed by atoms with Gasteiger partial charge in [0.15, 0.2) is 0 Å². The topological polar surface area (TPSA) is 32.3 Å². The summed E-state index contributed by atoms with van der Waals surface area (Å²) in [5.41, 5.74) is 0.819. The van der Waals surface area contributed by atoms with Crippen LogP contribution in [0.15, 0.2) is 24.3 Å². The Kier molecular flexibility index (Phi) is 4.02. The van der Waals surface area contributed by atoms with E-state index < -0.39 is 0 Å². The van der Waals surface area contributed by atoms with Gasteiger partial charge in [0.05, 0.1) is 16.8 Å². The summed E-state index contributed by atoms with van der Waals surface area (Å²) < 4.78 is 0. The van der Waals surface area contributed by atoms with Gasteiger partial charge in [0.1, 0.15) is 0 Å². The number of benzene rings is 1. The zero-order valence-corrected chi connectivity index (χ0v) is 10.7. The fourth-order valence-corrected chi connectivity index (χ4v) is 2.34. The second kappa shape index (κ2) is 5.52. The number of nitrogens with one attached hydrogen (secondary N) is 1. The Morgan fingerprint density at radius 2 is 2.24 bits per heavy atom. The van der Waals surface area contributed by atoms with Crippen molar-refractivity contribution < 1.29 is 4.79 Å². The van der Waals surface area contributed by atoms with E-state index in [0.29, 0.717) is 5.02 Å². The number of halogens is 1. The van der Waals surface area contributed by atoms with E-state index >= 15 is 0 Å². The first-order chi connectivity index (χ1) is 8.24. The number of carbonyl (C=O) groups is 1. The van der Waals surface area contributed by atoms with Gasteiger partial charge in [-0.2, -0.15) is 0 Å². The molecular weight excluding hydrogens is 236 g/mol. The largest absolute Gasteiger partial charge is 0.310 e. The number of rotatable bonds is 4. The van der Waals surface area contributed by atoms with E-state index in [1.807, 2.05) is 24.3 Å². The average molecular weight is 253 g/mol. The van der Waals surface area contributed by atoms with Gasteiger partial charge in [-0.3, -0.25) is 4.79 Å². The van der Waals surface area contributed by atoms with Crippen molar-refractivity contribution in [1.29, 1.82) is 0 Å². The van der Waals surface area contributed by atoms with E-state index in [9.17, 15) is 4.79 Å². The van der Waals surface area contributed by atoms with Crippen molar-refractivity contribution >= 4 is 23.2 Å². The second-order valence-electron chi connectivity index (χ2n) is 4.24. The van der Waals surface area contributed by atoms with Crippen LogP contribution in [0.4, 0.5) is 5.69 Å². The Morgan fingerprint density at radius 1 is 1.47 bits per heavy atom. The van der Waals surface area contributed by atoms with Gasteiger partial charge in [0, 0.05) is 6.54 Å². The molecule has 0 radical (unpaired) electrons. The fraction of sp³-hybridized carbons (Fsp3) is 0.462. The highest BCUT2D eigenvalue weighted by atomic mass is 35.5. The number of hydrogen-bond acceptors (Lipinski definition) is 2. The lowest BCUT2D eigenvalue weighted by atomic mass is 10.2. The Balaban J connectivity index is 2.10. The molecule has 4 heteroatoms. The zero-order chi connectivity index (χ0) is 12.3. The van der Waals surface area contributed by atoms with Crippen LogP contribution in [-0.4, -0.2) is 25.0 Å². The molecule has 1 aromatic carbocycles. The van der Waals surface area contributed by atoms with Crippen molar-refractivity contribution in [2.45, 2.75) is 25.8 Å². The summed E-state index contributed by atoms with van der Waals surface area (Å²) in [6.07, 6.45) is 1.89. The molecule has 0 spiro atoms. The van der Waals surface area contributed by atoms with Crippen LogP contribution >= 0.6 is 11.6 Å². The zero-order valence-electron chi connectivity index (χ0n) is 9.95. The molecule has 0 aliphatic carbocycles. The first kappa shape index (κ1) is 12.4. The molecule has 1 fully saturated rings. The summed E-state index contributed by atoms with van der Waals surface area (Å²) in [4.78, 5) is 13.9. The van der Waals surface area contributed by atoms with Crippen LogP contribution in [0.1, 0.15) is 19.8 Å². The molecule has 0 aromatic heterocycles. The van der Waals surface area contributed by atoms with Gasteiger partial charge in [0.25, 0.3) is 0 Å². The number of hydrogen-bond donors (Lipinski definition) is 1. The van der Waals surface area contributed by atoms with Crippen LogP contribution in [0, 0.1) is 0 Å². The number of anilines is 1. The molecule has 1 N–H and O–H groups in total. The van der Waals surface area contributed by atoms with Crippen LogP contribution in [0.3, 0.4) is 0 Å². The van der Waals surface area contributed by atoms with E-state index in [-0.39, 0.29) is 11.9 Å². The third kappa shape index (κ3) is 2.61. The third-order valence-electron chi connectivity index (χ3n) is 2.99. The van der Waals surface area contributed by atoms with Gasteiger partial charge in [0.2, 0.25) is 5.91 Å². The van der Waals surface area contributed by atoms with E-state index in [1.54, 1.807) is 4.90 Å². The molecule has 1 amide bonds. The Hall–Kier alpha value is -1.06. The summed E-state index contributed by atoms with van der Waals surface area (Å²) in [5, 5.41) is 3.90. The van der Waals surface area contributed by atoms with Gasteiger partial charge in [-0.05, 0) is 31.5 Å². The van der Waals surface area contributed by atoms with Crippen molar-refractivity contribution in [2.24, 2.45) is 0 Å². The minimum Gasteiger partial charge on any atom is -0.310 e. The minimum atomic E-state index is -0.0498. The van der Waals surface area contributed by atoms with Crippen LogP contribution in [0.5, 0.6) is 0 Å². The maximum atomic E-state index is 12.2. The average Bonchev–Trinajstić information content (AvgIpc) is 2.69. The van der Waals surface area contributed by atoms with Crippen molar-refractivity contribution in [2.75, 3.05) is 18.0 Å². The maximum Gasteiger partial charge on any atom is 0.244 e. The normalized spacial score (nSPS) is 20.0. The van der Waals surface area contributed by atoms with Crippen molar-refractivity contribution in [3.8, 4) is 0 Å². The van der Waals surface area contributed by atoms with Crippen LogP contribution < -0.4 is 10.2 Å². The number of amides is 1. The Bertz CT molecular complexity index is 408. The molecule has 1 saturated heterocycles. The van der Waals surface area contributed by atoms with Gasteiger partial charge in [-0.25, -0.2) is 0 Å². The molecule has 1 aromatic rings. The lowest BCUT2D eigenvalue weighted by molar-refractivity contribution is -0.118. The molecule has 3 nitrogen and oxygen atoms in total. The van der Waals surface area contributed by atoms with Crippen LogP contribution in [-0.2, 0) is 4.79 Å². The van der Waals surface area contributed by atoms with Crippen molar-refractivity contribution in [1.82, 2.24) is 5.32 Å². The summed E-state index contributed by atoms with van der Waals surface area (Å²) in [6, 6.07) is 7.44. The van der Waals surface area contributed by atoms with E-state index in [4.69, 9.17) is 11.6 Å². The molecule has 0 saturated carbocycles. The van der Waals surface area contributed by atoms with Gasteiger partial charge in [-0.1, -0.05) is 30.7 Å². The third-order valence-corrected chi connectivity index (χ3v) is 3.31. The molecular formula is C13H17ClN2O. The molecule has 1 unspecified atom stereocenters. The molecule has 1 aliphatic rings. The van der Waals surface area contributed by atoms with E-state index in [1.165, 1.54) is 0 Å². The first-order valence-corrected chi connectivity index (χ1v) is 6.41. The number of carbonyl (C=O) groups excluding carboxylic acids is 1. The molecule has 1 heterocycles. The number of para-hydroxylation sites is 1. The predicted octanol–water partition coefficient (Wildman–Crippen LogP) is 2.44. The minimum absolute atomic E-state index is 0.0498. The first-order valence-electron chi connectivity index (χ1n) is 6.03. The van der Waals surface area contributed by atoms with Crippen LogP contribution in [0.25, 0.3) is 0 Å².